The van der Waals surface area contributed by atoms with Crippen LogP contribution in [-0.2, 0) is 0 Å². The normalized spacial score (nSPS) is 36.7. The first-order valence-electron chi connectivity index (χ1n) is 8.42. The van der Waals surface area contributed by atoms with Gasteiger partial charge in [-0.05, 0) is 54.3 Å². The SMILES string of the molecule is CCC(C)C1CC(C(C)C)CC(C(C)CC)C1C. The summed E-state index contributed by atoms with van der Waals surface area (Å²) in [5, 5.41) is 0. The molecule has 4 unspecified atom stereocenters. The van der Waals surface area contributed by atoms with Gasteiger partial charge in [-0.2, -0.15) is 0 Å². The third-order valence-electron chi connectivity index (χ3n) is 6.19. The molecular weight excluding hydrogens is 216 g/mol. The lowest BCUT2D eigenvalue weighted by Gasteiger charge is -2.46. The molecule has 4 atom stereocenters. The molecule has 108 valence electrons. The average Bonchev–Trinajstić information content (AvgIpc) is 2.36. The molecule has 0 heterocycles. The van der Waals surface area contributed by atoms with Gasteiger partial charge in [0.2, 0.25) is 0 Å². The third-order valence-corrected chi connectivity index (χ3v) is 6.19. The zero-order valence-corrected chi connectivity index (χ0v) is 13.9. The standard InChI is InChI=1S/C18H36/c1-8-13(5)17-10-16(12(3)4)11-18(15(17)7)14(6)9-2/h12-18H,8-11H2,1-7H3. The highest BCUT2D eigenvalue weighted by molar-refractivity contribution is 4.88. The van der Waals surface area contributed by atoms with Crippen molar-refractivity contribution < 1.29 is 0 Å². The third kappa shape index (κ3) is 3.52. The molecule has 0 aromatic rings. The van der Waals surface area contributed by atoms with Crippen molar-refractivity contribution in [2.24, 2.45) is 41.4 Å². The van der Waals surface area contributed by atoms with Gasteiger partial charge in [0.1, 0.15) is 0 Å². The zero-order chi connectivity index (χ0) is 13.9. The fourth-order valence-electron chi connectivity index (χ4n) is 4.19. The van der Waals surface area contributed by atoms with Crippen LogP contribution in [0, 0.1) is 41.4 Å². The van der Waals surface area contributed by atoms with E-state index in [1.54, 1.807) is 0 Å². The van der Waals surface area contributed by atoms with Gasteiger partial charge < -0.3 is 0 Å². The Morgan fingerprint density at radius 3 is 1.50 bits per heavy atom. The smallest absolute Gasteiger partial charge is 0.0357 e. The molecule has 1 aliphatic carbocycles. The molecule has 1 aliphatic rings. The van der Waals surface area contributed by atoms with Crippen molar-refractivity contribution in [3.8, 4) is 0 Å². The van der Waals surface area contributed by atoms with Crippen LogP contribution in [0.3, 0.4) is 0 Å². The number of hydrogen-bond acceptors (Lipinski definition) is 0. The summed E-state index contributed by atoms with van der Waals surface area (Å²) in [7, 11) is 0. The molecule has 1 fully saturated rings. The maximum atomic E-state index is 2.55. The second-order valence-electron chi connectivity index (χ2n) is 7.43. The predicted molar refractivity (Wildman–Crippen MR) is 82.6 cm³/mol. The van der Waals surface area contributed by atoms with Crippen molar-refractivity contribution in [1.82, 2.24) is 0 Å². The Balaban J connectivity index is 2.84. The molecule has 18 heavy (non-hydrogen) atoms. The minimum atomic E-state index is 0.871. The van der Waals surface area contributed by atoms with Gasteiger partial charge in [-0.15, -0.1) is 0 Å². The van der Waals surface area contributed by atoms with E-state index in [4.69, 9.17) is 0 Å². The van der Waals surface area contributed by atoms with Gasteiger partial charge in [0, 0.05) is 0 Å². The molecule has 0 amide bonds. The molecule has 1 saturated carbocycles. The maximum Gasteiger partial charge on any atom is -0.0357 e. The molecule has 0 N–H and O–H groups in total. The monoisotopic (exact) mass is 252 g/mol. The van der Waals surface area contributed by atoms with E-state index in [0.29, 0.717) is 0 Å². The molecular formula is C18H36. The van der Waals surface area contributed by atoms with Gasteiger partial charge in [-0.25, -0.2) is 0 Å². The molecule has 0 aromatic heterocycles. The van der Waals surface area contributed by atoms with Crippen molar-refractivity contribution in [3.05, 3.63) is 0 Å². The number of hydrogen-bond donors (Lipinski definition) is 0. The first-order valence-corrected chi connectivity index (χ1v) is 8.42. The highest BCUT2D eigenvalue weighted by Crippen LogP contribution is 2.47. The van der Waals surface area contributed by atoms with Crippen LogP contribution in [0.4, 0.5) is 0 Å². The summed E-state index contributed by atoms with van der Waals surface area (Å²) in [6.45, 7) is 17.1. The molecule has 1 rings (SSSR count). The lowest BCUT2D eigenvalue weighted by atomic mass is 9.59. The van der Waals surface area contributed by atoms with E-state index in [9.17, 15) is 0 Å². The molecule has 0 saturated heterocycles. The summed E-state index contributed by atoms with van der Waals surface area (Å²) in [5.74, 6) is 6.53. The fourth-order valence-corrected chi connectivity index (χ4v) is 4.19. The van der Waals surface area contributed by atoms with Crippen LogP contribution in [0.15, 0.2) is 0 Å². The van der Waals surface area contributed by atoms with Gasteiger partial charge in [0.05, 0.1) is 0 Å². The Morgan fingerprint density at radius 2 is 1.22 bits per heavy atom. The van der Waals surface area contributed by atoms with Crippen LogP contribution in [0.1, 0.15) is 74.1 Å². The summed E-state index contributed by atoms with van der Waals surface area (Å²) >= 11 is 0. The summed E-state index contributed by atoms with van der Waals surface area (Å²) in [5.41, 5.74) is 0. The first-order chi connectivity index (χ1) is 8.42. The van der Waals surface area contributed by atoms with Crippen molar-refractivity contribution >= 4 is 0 Å². The summed E-state index contributed by atoms with van der Waals surface area (Å²) < 4.78 is 0. The Bertz CT molecular complexity index is 210. The van der Waals surface area contributed by atoms with E-state index >= 15 is 0 Å². The Hall–Kier alpha value is 0. The number of rotatable bonds is 5. The first kappa shape index (κ1) is 16.1. The van der Waals surface area contributed by atoms with Gasteiger partial charge in [0.15, 0.2) is 0 Å². The van der Waals surface area contributed by atoms with E-state index in [1.807, 2.05) is 0 Å². The molecule has 0 spiro atoms. The van der Waals surface area contributed by atoms with Crippen LogP contribution >= 0.6 is 0 Å². The second-order valence-corrected chi connectivity index (χ2v) is 7.43. The van der Waals surface area contributed by atoms with Crippen LogP contribution in [0.5, 0.6) is 0 Å². The maximum absolute atomic E-state index is 2.55. The van der Waals surface area contributed by atoms with Crippen LogP contribution in [0.25, 0.3) is 0 Å². The fraction of sp³-hybridized carbons (Fsp3) is 1.00. The van der Waals surface area contributed by atoms with Crippen molar-refractivity contribution in [2.75, 3.05) is 0 Å². The highest BCUT2D eigenvalue weighted by atomic mass is 14.4. The van der Waals surface area contributed by atoms with Gasteiger partial charge in [-0.1, -0.05) is 61.3 Å². The summed E-state index contributed by atoms with van der Waals surface area (Å²) in [4.78, 5) is 0. The topological polar surface area (TPSA) is 0 Å². The van der Waals surface area contributed by atoms with Crippen molar-refractivity contribution in [3.63, 3.8) is 0 Å². The molecule has 0 aliphatic heterocycles. The minimum Gasteiger partial charge on any atom is -0.0651 e. The Labute approximate surface area is 116 Å². The van der Waals surface area contributed by atoms with Crippen LogP contribution < -0.4 is 0 Å². The Kier molecular flexibility index (Phi) is 6.21. The summed E-state index contributed by atoms with van der Waals surface area (Å²) in [6, 6.07) is 0. The van der Waals surface area contributed by atoms with Crippen LogP contribution in [-0.4, -0.2) is 0 Å². The van der Waals surface area contributed by atoms with E-state index < -0.39 is 0 Å². The van der Waals surface area contributed by atoms with Crippen molar-refractivity contribution in [1.29, 1.82) is 0 Å². The Morgan fingerprint density at radius 1 is 0.833 bits per heavy atom. The second kappa shape index (κ2) is 6.96. The average molecular weight is 252 g/mol. The van der Waals surface area contributed by atoms with Crippen molar-refractivity contribution in [2.45, 2.75) is 74.1 Å². The van der Waals surface area contributed by atoms with Gasteiger partial charge >= 0.3 is 0 Å². The molecule has 0 bridgehead atoms. The lowest BCUT2D eigenvalue weighted by molar-refractivity contribution is 0.0314. The van der Waals surface area contributed by atoms with Crippen LogP contribution in [0.2, 0.25) is 0 Å². The van der Waals surface area contributed by atoms with E-state index in [0.717, 1.165) is 41.4 Å². The highest BCUT2D eigenvalue weighted by Gasteiger charge is 2.39. The largest absolute Gasteiger partial charge is 0.0651 e. The minimum absolute atomic E-state index is 0.871. The molecule has 0 radical (unpaired) electrons. The van der Waals surface area contributed by atoms with Gasteiger partial charge in [-0.3, -0.25) is 0 Å². The molecule has 0 heteroatoms. The van der Waals surface area contributed by atoms with E-state index in [-0.39, 0.29) is 0 Å². The molecule has 0 aromatic carbocycles. The summed E-state index contributed by atoms with van der Waals surface area (Å²) in [6.07, 6.45) is 5.68. The molecule has 0 nitrogen and oxygen atoms in total. The zero-order valence-electron chi connectivity index (χ0n) is 13.9. The van der Waals surface area contributed by atoms with E-state index in [1.165, 1.54) is 25.7 Å². The quantitative estimate of drug-likeness (QED) is 0.562. The predicted octanol–water partition coefficient (Wildman–Crippen LogP) is 6.01. The van der Waals surface area contributed by atoms with Gasteiger partial charge in [0.25, 0.3) is 0 Å². The lowest BCUT2D eigenvalue weighted by Crippen LogP contribution is -2.38. The van der Waals surface area contributed by atoms with E-state index in [2.05, 4.69) is 48.5 Å².